The summed E-state index contributed by atoms with van der Waals surface area (Å²) >= 11 is 0. The van der Waals surface area contributed by atoms with Crippen molar-refractivity contribution in [3.8, 4) is 0 Å². The standard InChI is InChI=1S/C43H87N2O6P/c1-6-8-9-10-11-12-13-14-15-16-17-18-19-20-21-22-23-24-25-26-27-28-29-30-31-32-33-34-35-36-37-42(46)41(44-43(47)7-2)40-51-52(48,49)50-39-38-45(3,4)5/h36-37,41-42,46H,6-35,38-40H2,1-5H3,(H-,44,47,48,49)/p+1/b37-36+. The summed E-state index contributed by atoms with van der Waals surface area (Å²) in [5, 5.41) is 13.3. The highest BCUT2D eigenvalue weighted by Gasteiger charge is 2.27. The molecular weight excluding hydrogens is 671 g/mol. The zero-order chi connectivity index (χ0) is 38.6. The molecule has 0 aromatic heterocycles. The summed E-state index contributed by atoms with van der Waals surface area (Å²) in [5.41, 5.74) is 0. The van der Waals surface area contributed by atoms with E-state index in [1.807, 2.05) is 27.2 Å². The van der Waals surface area contributed by atoms with E-state index in [-0.39, 0.29) is 25.5 Å². The molecule has 0 spiro atoms. The number of nitrogens with one attached hydrogen (secondary N) is 1. The first-order chi connectivity index (χ1) is 25.0. The second-order valence-corrected chi connectivity index (χ2v) is 17.8. The number of rotatable bonds is 40. The molecule has 3 unspecified atom stereocenters. The van der Waals surface area contributed by atoms with Gasteiger partial charge in [0.05, 0.1) is 39.9 Å². The number of aliphatic hydroxyl groups excluding tert-OH is 1. The smallest absolute Gasteiger partial charge is 0.387 e. The van der Waals surface area contributed by atoms with E-state index in [2.05, 4.69) is 12.2 Å². The molecule has 310 valence electrons. The molecule has 0 aliphatic heterocycles. The van der Waals surface area contributed by atoms with Gasteiger partial charge in [-0.05, 0) is 12.8 Å². The molecule has 0 radical (unpaired) electrons. The fourth-order valence-corrected chi connectivity index (χ4v) is 7.21. The van der Waals surface area contributed by atoms with Gasteiger partial charge in [-0.2, -0.15) is 0 Å². The lowest BCUT2D eigenvalue weighted by atomic mass is 10.0. The van der Waals surface area contributed by atoms with Gasteiger partial charge >= 0.3 is 7.82 Å². The van der Waals surface area contributed by atoms with Gasteiger partial charge in [-0.1, -0.05) is 199 Å². The lowest BCUT2D eigenvalue weighted by molar-refractivity contribution is -0.870. The summed E-state index contributed by atoms with van der Waals surface area (Å²) in [4.78, 5) is 22.0. The maximum absolute atomic E-state index is 12.3. The molecule has 0 aromatic carbocycles. The van der Waals surface area contributed by atoms with Crippen LogP contribution in [-0.4, -0.2) is 73.4 Å². The highest BCUT2D eigenvalue weighted by atomic mass is 31.2. The topological polar surface area (TPSA) is 105 Å². The van der Waals surface area contributed by atoms with Crippen molar-refractivity contribution in [2.45, 2.75) is 219 Å². The van der Waals surface area contributed by atoms with E-state index in [1.165, 1.54) is 167 Å². The number of carbonyl (C=O) groups is 1. The highest BCUT2D eigenvalue weighted by Crippen LogP contribution is 2.43. The minimum Gasteiger partial charge on any atom is -0.387 e. The van der Waals surface area contributed by atoms with Crippen LogP contribution in [0.25, 0.3) is 0 Å². The van der Waals surface area contributed by atoms with Crippen molar-refractivity contribution in [3.63, 3.8) is 0 Å². The van der Waals surface area contributed by atoms with Crippen molar-refractivity contribution in [2.75, 3.05) is 40.9 Å². The van der Waals surface area contributed by atoms with E-state index in [0.29, 0.717) is 11.0 Å². The molecule has 1 amide bonds. The SMILES string of the molecule is CCCCCCCCCCCCCCCCCCCCCCCCCCCCCC/C=C/C(O)C(COP(=O)(O)OCC[N+](C)(C)C)NC(=O)CC. The summed E-state index contributed by atoms with van der Waals surface area (Å²) in [7, 11) is 1.57. The van der Waals surface area contributed by atoms with Gasteiger partial charge < -0.3 is 19.8 Å². The minimum absolute atomic E-state index is 0.0609. The van der Waals surface area contributed by atoms with Crippen LogP contribution in [-0.2, 0) is 18.4 Å². The second-order valence-electron chi connectivity index (χ2n) is 16.4. The molecular formula is C43H88N2O6P+. The van der Waals surface area contributed by atoms with E-state index in [4.69, 9.17) is 9.05 Å². The predicted molar refractivity (Wildman–Crippen MR) is 222 cm³/mol. The van der Waals surface area contributed by atoms with Crippen LogP contribution in [0.2, 0.25) is 0 Å². The third kappa shape index (κ3) is 37.6. The van der Waals surface area contributed by atoms with E-state index >= 15 is 0 Å². The minimum atomic E-state index is -4.30. The van der Waals surface area contributed by atoms with Crippen molar-refractivity contribution < 1.29 is 32.9 Å². The van der Waals surface area contributed by atoms with Gasteiger partial charge in [-0.25, -0.2) is 4.57 Å². The van der Waals surface area contributed by atoms with E-state index in [1.54, 1.807) is 13.0 Å². The highest BCUT2D eigenvalue weighted by molar-refractivity contribution is 7.47. The van der Waals surface area contributed by atoms with Crippen molar-refractivity contribution in [1.29, 1.82) is 0 Å². The van der Waals surface area contributed by atoms with Crippen LogP contribution < -0.4 is 5.32 Å². The number of carbonyl (C=O) groups excluding carboxylic acids is 1. The first-order valence-electron chi connectivity index (χ1n) is 22.1. The molecule has 0 fully saturated rings. The number of amides is 1. The number of allylic oxidation sites excluding steroid dienone is 1. The molecule has 0 saturated carbocycles. The molecule has 3 N–H and O–H groups in total. The molecule has 52 heavy (non-hydrogen) atoms. The van der Waals surface area contributed by atoms with Gasteiger partial charge in [0.15, 0.2) is 0 Å². The van der Waals surface area contributed by atoms with Gasteiger partial charge in [0, 0.05) is 6.42 Å². The van der Waals surface area contributed by atoms with Gasteiger partial charge in [0.1, 0.15) is 13.2 Å². The Balaban J connectivity index is 3.66. The lowest BCUT2D eigenvalue weighted by Crippen LogP contribution is -2.45. The summed E-state index contributed by atoms with van der Waals surface area (Å²) < 4.78 is 23.0. The molecule has 0 aliphatic rings. The van der Waals surface area contributed by atoms with Crippen molar-refractivity contribution in [1.82, 2.24) is 5.32 Å². The fourth-order valence-electron chi connectivity index (χ4n) is 6.48. The molecule has 0 aliphatic carbocycles. The van der Waals surface area contributed by atoms with Crippen molar-refractivity contribution >= 4 is 13.7 Å². The largest absolute Gasteiger partial charge is 0.472 e. The van der Waals surface area contributed by atoms with Gasteiger partial charge in [0.25, 0.3) is 0 Å². The number of unbranched alkanes of at least 4 members (excludes halogenated alkanes) is 28. The van der Waals surface area contributed by atoms with Crippen LogP contribution in [0.1, 0.15) is 206 Å². The Bertz CT molecular complexity index is 865. The predicted octanol–water partition coefficient (Wildman–Crippen LogP) is 12.0. The summed E-state index contributed by atoms with van der Waals surface area (Å²) in [6, 6.07) is -0.838. The van der Waals surface area contributed by atoms with Crippen molar-refractivity contribution in [3.05, 3.63) is 12.2 Å². The molecule has 0 aromatic rings. The molecule has 0 saturated heterocycles. The van der Waals surface area contributed by atoms with Gasteiger partial charge in [-0.3, -0.25) is 13.8 Å². The van der Waals surface area contributed by atoms with E-state index in [0.717, 1.165) is 19.3 Å². The molecule has 9 heteroatoms. The lowest BCUT2D eigenvalue weighted by Gasteiger charge is -2.25. The number of nitrogens with zero attached hydrogens (tertiary/aromatic N) is 1. The van der Waals surface area contributed by atoms with Crippen LogP contribution >= 0.6 is 7.82 Å². The third-order valence-corrected chi connectivity index (χ3v) is 11.1. The Kier molecular flexibility index (Phi) is 35.4. The second kappa shape index (κ2) is 35.9. The van der Waals surface area contributed by atoms with Crippen LogP contribution in [0.4, 0.5) is 0 Å². The Hall–Kier alpha value is -0.760. The Morgan fingerprint density at radius 3 is 1.35 bits per heavy atom. The summed E-state index contributed by atoms with van der Waals surface area (Å²) in [5.74, 6) is -0.263. The third-order valence-electron chi connectivity index (χ3n) is 10.1. The van der Waals surface area contributed by atoms with E-state index < -0.39 is 20.0 Å². The van der Waals surface area contributed by atoms with Gasteiger partial charge in [0.2, 0.25) is 5.91 Å². The number of phosphoric acid groups is 1. The molecule has 0 bridgehead atoms. The van der Waals surface area contributed by atoms with Crippen molar-refractivity contribution in [2.24, 2.45) is 0 Å². The monoisotopic (exact) mass is 760 g/mol. The Morgan fingerprint density at radius 2 is 1.00 bits per heavy atom. The van der Waals surface area contributed by atoms with Crippen LogP contribution in [0.15, 0.2) is 12.2 Å². The summed E-state index contributed by atoms with van der Waals surface area (Å²) in [6.07, 6.45) is 42.5. The van der Waals surface area contributed by atoms with Crippen LogP contribution in [0.5, 0.6) is 0 Å². The van der Waals surface area contributed by atoms with Gasteiger partial charge in [-0.15, -0.1) is 0 Å². The molecule has 3 atom stereocenters. The normalized spacial score (nSPS) is 14.5. The molecule has 8 nitrogen and oxygen atoms in total. The first-order valence-corrected chi connectivity index (χ1v) is 23.6. The zero-order valence-electron chi connectivity index (χ0n) is 35.1. The maximum atomic E-state index is 12.3. The first kappa shape index (κ1) is 51.2. The number of likely N-dealkylation sites (N-methyl/N-ethyl adjacent to an activating group) is 1. The molecule has 0 heterocycles. The zero-order valence-corrected chi connectivity index (χ0v) is 36.0. The number of aliphatic hydroxyl groups is 1. The number of phosphoric ester groups is 1. The maximum Gasteiger partial charge on any atom is 0.472 e. The van der Waals surface area contributed by atoms with E-state index in [9.17, 15) is 19.4 Å². The Labute approximate surface area is 322 Å². The molecule has 0 rings (SSSR count). The number of quaternary nitrogens is 1. The Morgan fingerprint density at radius 1 is 0.635 bits per heavy atom. The number of hydrogen-bond acceptors (Lipinski definition) is 5. The summed E-state index contributed by atoms with van der Waals surface area (Å²) in [6.45, 7) is 4.28. The van der Waals surface area contributed by atoms with Crippen LogP contribution in [0, 0.1) is 0 Å². The van der Waals surface area contributed by atoms with Crippen LogP contribution in [0.3, 0.4) is 0 Å². The quantitative estimate of drug-likeness (QED) is 0.0249. The average molecular weight is 760 g/mol. The average Bonchev–Trinajstić information content (AvgIpc) is 3.10. The number of hydrogen-bond donors (Lipinski definition) is 3. The fraction of sp³-hybridized carbons (Fsp3) is 0.930.